The van der Waals surface area contributed by atoms with Crippen molar-refractivity contribution in [3.63, 3.8) is 0 Å². The number of allylic oxidation sites excluding steroid dienone is 6. The van der Waals surface area contributed by atoms with Gasteiger partial charge in [0.15, 0.2) is 0 Å². The molecule has 0 radical (unpaired) electrons. The monoisotopic (exact) mass is 458 g/mol. The molecule has 8 nitrogen and oxygen atoms in total. The summed E-state index contributed by atoms with van der Waals surface area (Å²) in [4.78, 5) is 24.2. The summed E-state index contributed by atoms with van der Waals surface area (Å²) in [7, 11) is 0. The molecule has 2 aromatic heterocycles. The van der Waals surface area contributed by atoms with Gasteiger partial charge in [0.25, 0.3) is 5.91 Å². The number of aromatic nitrogens is 3. The van der Waals surface area contributed by atoms with Crippen LogP contribution in [0, 0.1) is 6.92 Å². The Labute approximate surface area is 199 Å². The number of aliphatic hydroxyl groups excluding tert-OH is 1. The second-order valence-electron chi connectivity index (χ2n) is 8.74. The lowest BCUT2D eigenvalue weighted by molar-refractivity contribution is -0.122. The molecular formula is C26H30N6O2. The van der Waals surface area contributed by atoms with E-state index in [1.165, 1.54) is 0 Å². The first-order valence-electron chi connectivity index (χ1n) is 11.8. The summed E-state index contributed by atoms with van der Waals surface area (Å²) >= 11 is 0. The number of fused-ring (bicyclic) bond motifs is 2. The molecule has 34 heavy (non-hydrogen) atoms. The van der Waals surface area contributed by atoms with Crippen molar-refractivity contribution in [1.29, 1.82) is 0 Å². The molecule has 8 heteroatoms. The molecule has 3 aliphatic heterocycles. The van der Waals surface area contributed by atoms with E-state index in [-0.39, 0.29) is 12.5 Å². The molecule has 0 spiro atoms. The lowest BCUT2D eigenvalue weighted by Crippen LogP contribution is -2.47. The standard InChI is InChI=1S/C26H30N6O2/c1-3-23-25-16-24(28-32(25)17-19(2)27-23)20-5-4-6-21-7-8-22(18-31(21)26(34)15-20)30-11-9-29(10-12-30)13-14-33/h4-8,15-18,33H,3,9-14H2,1-2H3/b5-4+,20-15+,21-6+. The predicted molar refractivity (Wildman–Crippen MR) is 131 cm³/mol. The van der Waals surface area contributed by atoms with Crippen LogP contribution in [0.25, 0.3) is 11.1 Å². The molecule has 0 aliphatic carbocycles. The van der Waals surface area contributed by atoms with Crippen molar-refractivity contribution in [2.45, 2.75) is 20.3 Å². The van der Waals surface area contributed by atoms with Gasteiger partial charge in [-0.25, -0.2) is 4.52 Å². The zero-order chi connectivity index (χ0) is 23.7. The Morgan fingerprint density at radius 3 is 2.65 bits per heavy atom. The third-order valence-corrected chi connectivity index (χ3v) is 6.46. The molecule has 1 amide bonds. The molecule has 0 atom stereocenters. The maximum absolute atomic E-state index is 13.3. The average molecular weight is 459 g/mol. The van der Waals surface area contributed by atoms with Crippen LogP contribution in [0.15, 0.2) is 66.3 Å². The van der Waals surface area contributed by atoms with E-state index >= 15 is 0 Å². The molecule has 5 rings (SSSR count). The molecule has 2 aromatic rings. The number of carbonyl (C=O) groups excluding carboxylic acids is 1. The Morgan fingerprint density at radius 1 is 1.09 bits per heavy atom. The largest absolute Gasteiger partial charge is 0.395 e. The van der Waals surface area contributed by atoms with Gasteiger partial charge < -0.3 is 10.0 Å². The van der Waals surface area contributed by atoms with Gasteiger partial charge in [0.1, 0.15) is 0 Å². The Balaban J connectivity index is 1.42. The highest BCUT2D eigenvalue weighted by atomic mass is 16.3. The second kappa shape index (κ2) is 9.40. The van der Waals surface area contributed by atoms with Gasteiger partial charge in [0.05, 0.1) is 41.1 Å². The molecule has 1 saturated heterocycles. The number of piperazine rings is 1. The normalized spacial score (nSPS) is 23.0. The van der Waals surface area contributed by atoms with Gasteiger partial charge in [-0.2, -0.15) is 5.10 Å². The number of nitrogens with zero attached hydrogens (tertiary/aromatic N) is 6. The Morgan fingerprint density at radius 2 is 1.88 bits per heavy atom. The molecular weight excluding hydrogens is 428 g/mol. The van der Waals surface area contributed by atoms with Gasteiger partial charge in [-0.15, -0.1) is 0 Å². The van der Waals surface area contributed by atoms with Gasteiger partial charge in [0.2, 0.25) is 0 Å². The maximum Gasteiger partial charge on any atom is 0.255 e. The predicted octanol–water partition coefficient (Wildman–Crippen LogP) is 2.29. The fourth-order valence-electron chi connectivity index (χ4n) is 4.63. The van der Waals surface area contributed by atoms with Crippen molar-refractivity contribution in [3.05, 3.63) is 83.4 Å². The fraction of sp³-hybridized carbons (Fsp3) is 0.346. The zero-order valence-corrected chi connectivity index (χ0v) is 19.7. The van der Waals surface area contributed by atoms with Crippen molar-refractivity contribution in [2.24, 2.45) is 0 Å². The summed E-state index contributed by atoms with van der Waals surface area (Å²) < 4.78 is 1.85. The third kappa shape index (κ3) is 4.34. The van der Waals surface area contributed by atoms with Crippen molar-refractivity contribution < 1.29 is 9.90 Å². The fourth-order valence-corrected chi connectivity index (χ4v) is 4.63. The van der Waals surface area contributed by atoms with Crippen molar-refractivity contribution >= 4 is 17.0 Å². The SMILES string of the molecule is CCc1nc(C)cn2nc(C3=C\C(=O)N4C=C(N5CCN(CCO)CC5)C=C\C4=C/C=C/3)cc12. The van der Waals surface area contributed by atoms with Crippen LogP contribution in [0.1, 0.15) is 24.0 Å². The highest BCUT2D eigenvalue weighted by Crippen LogP contribution is 2.26. The summed E-state index contributed by atoms with van der Waals surface area (Å²) in [6, 6.07) is 2.00. The zero-order valence-electron chi connectivity index (χ0n) is 19.7. The number of hydrogen-bond donors (Lipinski definition) is 1. The number of amides is 1. The summed E-state index contributed by atoms with van der Waals surface area (Å²) in [5.41, 5.74) is 6.26. The number of carbonyl (C=O) groups is 1. The van der Waals surface area contributed by atoms with Crippen molar-refractivity contribution in [3.8, 4) is 0 Å². The van der Waals surface area contributed by atoms with E-state index in [2.05, 4.69) is 27.8 Å². The van der Waals surface area contributed by atoms with Crippen LogP contribution >= 0.6 is 0 Å². The minimum Gasteiger partial charge on any atom is -0.395 e. The minimum absolute atomic E-state index is 0.103. The highest BCUT2D eigenvalue weighted by molar-refractivity contribution is 5.99. The first-order chi connectivity index (χ1) is 16.6. The average Bonchev–Trinajstić information content (AvgIpc) is 3.26. The van der Waals surface area contributed by atoms with Gasteiger partial charge in [0, 0.05) is 56.3 Å². The smallest absolute Gasteiger partial charge is 0.255 e. The van der Waals surface area contributed by atoms with Gasteiger partial charge in [-0.05, 0) is 37.6 Å². The molecule has 176 valence electrons. The number of hydrogen-bond acceptors (Lipinski definition) is 6. The lowest BCUT2D eigenvalue weighted by atomic mass is 10.1. The van der Waals surface area contributed by atoms with Crippen molar-refractivity contribution in [2.75, 3.05) is 39.3 Å². The first kappa shape index (κ1) is 22.3. The third-order valence-electron chi connectivity index (χ3n) is 6.46. The van der Waals surface area contributed by atoms with E-state index in [9.17, 15) is 9.90 Å². The Hall–Kier alpha value is -3.49. The molecule has 3 aliphatic rings. The van der Waals surface area contributed by atoms with E-state index in [4.69, 9.17) is 5.10 Å². The topological polar surface area (TPSA) is 77.2 Å². The van der Waals surface area contributed by atoms with Crippen LogP contribution in [0.2, 0.25) is 0 Å². The Kier molecular flexibility index (Phi) is 6.17. The second-order valence-corrected chi connectivity index (χ2v) is 8.74. The molecule has 0 saturated carbocycles. The lowest BCUT2D eigenvalue weighted by Gasteiger charge is -2.38. The minimum atomic E-state index is -0.103. The summed E-state index contributed by atoms with van der Waals surface area (Å²) in [6.07, 6.45) is 16.2. The van der Waals surface area contributed by atoms with Crippen LogP contribution in [0.4, 0.5) is 0 Å². The van der Waals surface area contributed by atoms with Crippen LogP contribution in [0.5, 0.6) is 0 Å². The van der Waals surface area contributed by atoms with Crippen molar-refractivity contribution in [1.82, 2.24) is 29.3 Å². The molecule has 1 fully saturated rings. The van der Waals surface area contributed by atoms with Gasteiger partial charge in [-0.3, -0.25) is 19.6 Å². The number of β-amino-alcohol motifs (C(OH)–C–C–N with tert-alkyl or cyclic N) is 1. The van der Waals surface area contributed by atoms with Crippen LogP contribution in [0.3, 0.4) is 0 Å². The summed E-state index contributed by atoms with van der Waals surface area (Å²) in [6.45, 7) is 8.47. The molecule has 0 bridgehead atoms. The summed E-state index contributed by atoms with van der Waals surface area (Å²) in [5, 5.41) is 13.9. The molecule has 5 heterocycles. The maximum atomic E-state index is 13.3. The van der Waals surface area contributed by atoms with E-state index < -0.39 is 0 Å². The first-order valence-corrected chi connectivity index (χ1v) is 11.8. The van der Waals surface area contributed by atoms with Crippen LogP contribution in [-0.2, 0) is 11.2 Å². The van der Waals surface area contributed by atoms with Gasteiger partial charge >= 0.3 is 0 Å². The Bertz CT molecular complexity index is 1260. The van der Waals surface area contributed by atoms with E-state index in [1.807, 2.05) is 54.2 Å². The highest BCUT2D eigenvalue weighted by Gasteiger charge is 2.23. The number of aryl methyl sites for hydroxylation is 2. The van der Waals surface area contributed by atoms with E-state index in [1.54, 1.807) is 11.0 Å². The van der Waals surface area contributed by atoms with Gasteiger partial charge in [-0.1, -0.05) is 19.1 Å². The van der Waals surface area contributed by atoms with E-state index in [0.29, 0.717) is 6.54 Å². The number of rotatable bonds is 5. The molecule has 0 aromatic carbocycles. The van der Waals surface area contributed by atoms with Crippen LogP contribution < -0.4 is 0 Å². The van der Waals surface area contributed by atoms with Crippen LogP contribution in [-0.4, -0.2) is 79.6 Å². The molecule has 0 unspecified atom stereocenters. The number of aliphatic hydroxyl groups is 1. The molecule has 1 N–H and O–H groups in total. The summed E-state index contributed by atoms with van der Waals surface area (Å²) in [5.74, 6) is -0.103. The quantitative estimate of drug-likeness (QED) is 0.741. The van der Waals surface area contributed by atoms with E-state index in [0.717, 1.165) is 72.2 Å².